The van der Waals surface area contributed by atoms with Crippen molar-refractivity contribution in [2.24, 2.45) is 10.2 Å². The van der Waals surface area contributed by atoms with Crippen LogP contribution in [0, 0.1) is 0 Å². The molecule has 0 bridgehead atoms. The highest BCUT2D eigenvalue weighted by atomic mass is 79.9. The lowest BCUT2D eigenvalue weighted by Gasteiger charge is -2.07. The van der Waals surface area contributed by atoms with E-state index in [4.69, 9.17) is 27.9 Å². The molecular formula is C23H16BrCl2N3O3. The first-order chi connectivity index (χ1) is 15.4. The number of carbonyl (C=O) groups excluding carboxylic acids is 1. The van der Waals surface area contributed by atoms with Crippen LogP contribution in [0.5, 0.6) is 11.6 Å². The Balaban J connectivity index is 1.59. The van der Waals surface area contributed by atoms with Gasteiger partial charge in [0.15, 0.2) is 12.3 Å². The van der Waals surface area contributed by atoms with Gasteiger partial charge in [0.25, 0.3) is 0 Å². The molecule has 0 radical (unpaired) electrons. The first-order valence-corrected chi connectivity index (χ1v) is 11.0. The molecule has 0 atom stereocenters. The normalized spacial score (nSPS) is 11.3. The molecule has 0 fully saturated rings. The number of nitrogens with zero attached hydrogens (tertiary/aromatic N) is 3. The Hall–Kier alpha value is -2.87. The van der Waals surface area contributed by atoms with Crippen molar-refractivity contribution in [1.29, 1.82) is 0 Å². The first-order valence-electron chi connectivity index (χ1n) is 9.49. The van der Waals surface area contributed by atoms with Gasteiger partial charge in [0.05, 0.1) is 12.1 Å². The average Bonchev–Trinajstić information content (AvgIpc) is 3.03. The molecule has 0 aliphatic rings. The summed E-state index contributed by atoms with van der Waals surface area (Å²) >= 11 is 15.2. The summed E-state index contributed by atoms with van der Waals surface area (Å²) in [7, 11) is 0. The number of halogens is 3. The third-order valence-electron chi connectivity index (χ3n) is 4.66. The zero-order valence-corrected chi connectivity index (χ0v) is 19.6. The SMILES string of the molecule is O=C(COc1ccc(Cl)cc1)N=Nc1c(O)n(Cc2ccc(Cl)cc2)c2ccc(Br)cc12. The van der Waals surface area contributed by atoms with E-state index < -0.39 is 5.91 Å². The minimum Gasteiger partial charge on any atom is -0.493 e. The molecule has 1 amide bonds. The Morgan fingerprint density at radius 2 is 1.66 bits per heavy atom. The van der Waals surface area contributed by atoms with Gasteiger partial charge >= 0.3 is 5.91 Å². The fourth-order valence-electron chi connectivity index (χ4n) is 3.14. The second-order valence-corrected chi connectivity index (χ2v) is 8.67. The molecule has 162 valence electrons. The van der Waals surface area contributed by atoms with E-state index in [2.05, 4.69) is 26.2 Å². The van der Waals surface area contributed by atoms with Crippen LogP contribution >= 0.6 is 39.1 Å². The van der Waals surface area contributed by atoms with Crippen molar-refractivity contribution >= 4 is 61.6 Å². The van der Waals surface area contributed by atoms with Gasteiger partial charge in [-0.1, -0.05) is 51.3 Å². The first kappa shape index (κ1) is 22.3. The largest absolute Gasteiger partial charge is 0.493 e. The van der Waals surface area contributed by atoms with E-state index in [1.54, 1.807) is 41.0 Å². The van der Waals surface area contributed by atoms with Gasteiger partial charge in [0.2, 0.25) is 5.88 Å². The molecule has 0 saturated heterocycles. The predicted octanol–water partition coefficient (Wildman–Crippen LogP) is 7.15. The summed E-state index contributed by atoms with van der Waals surface area (Å²) < 4.78 is 7.90. The van der Waals surface area contributed by atoms with Gasteiger partial charge in [-0.3, -0.25) is 4.79 Å². The van der Waals surface area contributed by atoms with Gasteiger partial charge in [-0.05, 0) is 60.2 Å². The Morgan fingerprint density at radius 3 is 2.34 bits per heavy atom. The van der Waals surface area contributed by atoms with E-state index in [0.717, 1.165) is 15.6 Å². The van der Waals surface area contributed by atoms with Crippen LogP contribution in [0.1, 0.15) is 5.56 Å². The number of amides is 1. The molecule has 4 rings (SSSR count). The number of carbonyl (C=O) groups is 1. The summed E-state index contributed by atoms with van der Waals surface area (Å²) in [4.78, 5) is 12.2. The third kappa shape index (κ3) is 5.12. The summed E-state index contributed by atoms with van der Waals surface area (Å²) in [5.41, 5.74) is 1.90. The van der Waals surface area contributed by atoms with Crippen LogP contribution in [0.4, 0.5) is 5.69 Å². The zero-order valence-electron chi connectivity index (χ0n) is 16.5. The van der Waals surface area contributed by atoms with Crippen molar-refractivity contribution in [1.82, 2.24) is 4.57 Å². The quantitative estimate of drug-likeness (QED) is 0.268. The van der Waals surface area contributed by atoms with Crippen LogP contribution in [0.3, 0.4) is 0 Å². The highest BCUT2D eigenvalue weighted by Gasteiger charge is 2.18. The summed E-state index contributed by atoms with van der Waals surface area (Å²) in [5, 5.41) is 20.5. The molecule has 4 aromatic rings. The number of hydrogen-bond acceptors (Lipinski definition) is 4. The molecule has 1 aromatic heterocycles. The predicted molar refractivity (Wildman–Crippen MR) is 128 cm³/mol. The molecule has 32 heavy (non-hydrogen) atoms. The zero-order chi connectivity index (χ0) is 22.7. The molecule has 1 heterocycles. The number of hydrogen-bond donors (Lipinski definition) is 1. The van der Waals surface area contributed by atoms with Gasteiger partial charge in [-0.25, -0.2) is 0 Å². The van der Waals surface area contributed by atoms with Gasteiger partial charge in [0.1, 0.15) is 5.75 Å². The number of benzene rings is 3. The maximum absolute atomic E-state index is 12.2. The fraction of sp³-hybridized carbons (Fsp3) is 0.0870. The second kappa shape index (κ2) is 9.73. The molecule has 6 nitrogen and oxygen atoms in total. The van der Waals surface area contributed by atoms with E-state index in [-0.39, 0.29) is 18.2 Å². The maximum atomic E-state index is 12.2. The molecule has 3 aromatic carbocycles. The van der Waals surface area contributed by atoms with Gasteiger partial charge in [-0.15, -0.1) is 10.2 Å². The van der Waals surface area contributed by atoms with Crippen molar-refractivity contribution in [2.75, 3.05) is 6.61 Å². The summed E-state index contributed by atoms with van der Waals surface area (Å²) in [6.07, 6.45) is 0. The van der Waals surface area contributed by atoms with Crippen LogP contribution in [-0.2, 0) is 11.3 Å². The molecule has 0 aliphatic carbocycles. The standard InChI is InChI=1S/C23H16BrCl2N3O3/c24-15-3-10-20-19(11-15)22(23(31)29(20)12-14-1-4-16(25)5-2-14)28-27-21(30)13-32-18-8-6-17(26)7-9-18/h1-11,31H,12-13H2. The van der Waals surface area contributed by atoms with Crippen LogP contribution in [0.2, 0.25) is 10.0 Å². The number of aromatic hydroxyl groups is 1. The number of fused-ring (bicyclic) bond motifs is 1. The summed E-state index contributed by atoms with van der Waals surface area (Å²) in [5.74, 6) is -0.194. The van der Waals surface area contributed by atoms with Crippen LogP contribution in [0.15, 0.2) is 81.4 Å². The molecule has 9 heteroatoms. The lowest BCUT2D eigenvalue weighted by Crippen LogP contribution is -2.07. The van der Waals surface area contributed by atoms with Gasteiger partial charge in [-0.2, -0.15) is 0 Å². The molecule has 0 saturated carbocycles. The molecular weight excluding hydrogens is 517 g/mol. The Labute approximate surface area is 202 Å². The molecule has 1 N–H and O–H groups in total. The Bertz CT molecular complexity index is 1300. The minimum atomic E-state index is -0.590. The van der Waals surface area contributed by atoms with Gasteiger partial charge < -0.3 is 14.4 Å². The van der Waals surface area contributed by atoms with E-state index in [1.807, 2.05) is 30.3 Å². The van der Waals surface area contributed by atoms with E-state index >= 15 is 0 Å². The van der Waals surface area contributed by atoms with Crippen molar-refractivity contribution in [3.05, 3.63) is 86.8 Å². The smallest absolute Gasteiger partial charge is 0.302 e. The van der Waals surface area contributed by atoms with Crippen molar-refractivity contribution in [2.45, 2.75) is 6.54 Å². The van der Waals surface area contributed by atoms with Crippen LogP contribution in [-0.4, -0.2) is 22.2 Å². The Kier molecular flexibility index (Phi) is 6.79. The lowest BCUT2D eigenvalue weighted by atomic mass is 10.2. The topological polar surface area (TPSA) is 76.2 Å². The average molecular weight is 533 g/mol. The highest BCUT2D eigenvalue weighted by Crippen LogP contribution is 2.40. The number of ether oxygens (including phenoxy) is 1. The molecule has 0 unspecified atom stereocenters. The van der Waals surface area contributed by atoms with E-state index in [0.29, 0.717) is 27.7 Å². The monoisotopic (exact) mass is 531 g/mol. The number of rotatable bonds is 6. The Morgan fingerprint density at radius 1 is 1.00 bits per heavy atom. The van der Waals surface area contributed by atoms with Crippen LogP contribution in [0.25, 0.3) is 10.9 Å². The second-order valence-electron chi connectivity index (χ2n) is 6.88. The van der Waals surface area contributed by atoms with Crippen LogP contribution < -0.4 is 4.74 Å². The summed E-state index contributed by atoms with van der Waals surface area (Å²) in [6.45, 7) is 0.100. The fourth-order valence-corrected chi connectivity index (χ4v) is 3.75. The minimum absolute atomic E-state index is 0.0942. The lowest BCUT2D eigenvalue weighted by molar-refractivity contribution is -0.120. The third-order valence-corrected chi connectivity index (χ3v) is 5.66. The van der Waals surface area contributed by atoms with E-state index in [9.17, 15) is 9.90 Å². The van der Waals surface area contributed by atoms with E-state index in [1.165, 1.54) is 0 Å². The summed E-state index contributed by atoms with van der Waals surface area (Å²) in [6, 6.07) is 19.5. The molecule has 0 spiro atoms. The van der Waals surface area contributed by atoms with Crippen molar-refractivity contribution in [3.8, 4) is 11.6 Å². The van der Waals surface area contributed by atoms with Crippen molar-refractivity contribution in [3.63, 3.8) is 0 Å². The molecule has 0 aliphatic heterocycles. The van der Waals surface area contributed by atoms with Gasteiger partial charge in [0, 0.05) is 19.9 Å². The maximum Gasteiger partial charge on any atom is 0.302 e. The number of aromatic nitrogens is 1. The number of azo groups is 1. The highest BCUT2D eigenvalue weighted by molar-refractivity contribution is 9.10. The van der Waals surface area contributed by atoms with Crippen molar-refractivity contribution < 1.29 is 14.6 Å².